The molecule has 0 unspecified atom stereocenters. The molecule has 0 fully saturated rings. The lowest BCUT2D eigenvalue weighted by molar-refractivity contribution is -0.274. The maximum atomic E-state index is 12.7. The van der Waals surface area contributed by atoms with E-state index in [1.807, 2.05) is 0 Å². The fraction of sp³-hybridized carbons (Fsp3) is 0.105. The molecule has 0 spiro atoms. The lowest BCUT2D eigenvalue weighted by Crippen LogP contribution is -2.18. The highest BCUT2D eigenvalue weighted by Gasteiger charge is 2.32. The number of H-pyrrole nitrogens is 1. The van der Waals surface area contributed by atoms with Crippen LogP contribution in [0.1, 0.15) is 11.4 Å². The lowest BCUT2D eigenvalue weighted by Gasteiger charge is -2.13. The van der Waals surface area contributed by atoms with Crippen LogP contribution in [0.2, 0.25) is 10.0 Å². The predicted octanol–water partition coefficient (Wildman–Crippen LogP) is 4.91. The van der Waals surface area contributed by atoms with E-state index >= 15 is 0 Å². The van der Waals surface area contributed by atoms with E-state index < -0.39 is 11.9 Å². The number of ether oxygens (including phenoxy) is 1. The van der Waals surface area contributed by atoms with Gasteiger partial charge in [-0.25, -0.2) is 9.67 Å². The van der Waals surface area contributed by atoms with Gasteiger partial charge in [-0.15, -0.1) is 13.2 Å². The molecule has 4 aromatic rings. The first-order valence-electron chi connectivity index (χ1n) is 8.48. The number of benzene rings is 2. The third kappa shape index (κ3) is 3.99. The minimum absolute atomic E-state index is 0.105. The van der Waals surface area contributed by atoms with Crippen molar-refractivity contribution in [1.29, 1.82) is 0 Å². The summed E-state index contributed by atoms with van der Waals surface area (Å²) in [6.07, 6.45) is -3.63. The van der Waals surface area contributed by atoms with Gasteiger partial charge in [-0.05, 0) is 18.2 Å². The average Bonchev–Trinajstić information content (AvgIpc) is 3.09. The third-order valence-corrected chi connectivity index (χ3v) is 5.01. The van der Waals surface area contributed by atoms with Crippen LogP contribution in [0.3, 0.4) is 0 Å². The Labute approximate surface area is 176 Å². The number of halogens is 5. The van der Waals surface area contributed by atoms with Crippen LogP contribution in [-0.2, 0) is 6.42 Å². The van der Waals surface area contributed by atoms with E-state index in [0.717, 1.165) is 0 Å². The molecule has 2 aromatic heterocycles. The van der Waals surface area contributed by atoms with Crippen LogP contribution in [0.25, 0.3) is 16.7 Å². The van der Waals surface area contributed by atoms with E-state index in [9.17, 15) is 18.0 Å². The Kier molecular flexibility index (Phi) is 5.17. The SMILES string of the molecule is O=c1[nH]c(Cc2ccccc2OC(F)(F)F)nc2c1cnn2-c1cccc(Cl)c1Cl. The third-order valence-electron chi connectivity index (χ3n) is 4.20. The van der Waals surface area contributed by atoms with Crippen LogP contribution < -0.4 is 10.3 Å². The summed E-state index contributed by atoms with van der Waals surface area (Å²) in [5.74, 6) is -0.246. The van der Waals surface area contributed by atoms with E-state index in [2.05, 4.69) is 19.8 Å². The van der Waals surface area contributed by atoms with Crippen molar-refractivity contribution in [3.05, 3.63) is 80.4 Å². The van der Waals surface area contributed by atoms with Crippen LogP contribution in [0, 0.1) is 0 Å². The highest BCUT2D eigenvalue weighted by atomic mass is 35.5. The number of para-hydroxylation sites is 1. The normalized spacial score (nSPS) is 11.8. The second-order valence-electron chi connectivity index (χ2n) is 6.21. The summed E-state index contributed by atoms with van der Waals surface area (Å²) in [5, 5.41) is 4.86. The van der Waals surface area contributed by atoms with Gasteiger partial charge < -0.3 is 9.72 Å². The summed E-state index contributed by atoms with van der Waals surface area (Å²) in [5.41, 5.74) is 0.300. The Balaban J connectivity index is 1.80. The average molecular weight is 455 g/mol. The topological polar surface area (TPSA) is 72.8 Å². The molecule has 0 bridgehead atoms. The number of aromatic amines is 1. The van der Waals surface area contributed by atoms with Gasteiger partial charge in [0.1, 0.15) is 17.0 Å². The Hall–Kier alpha value is -3.04. The zero-order valence-corrected chi connectivity index (χ0v) is 16.4. The van der Waals surface area contributed by atoms with Gasteiger partial charge in [0.25, 0.3) is 5.56 Å². The Morgan fingerprint density at radius 1 is 1.10 bits per heavy atom. The van der Waals surface area contributed by atoms with Crippen LogP contribution in [-0.4, -0.2) is 26.1 Å². The van der Waals surface area contributed by atoms with Crippen molar-refractivity contribution in [3.8, 4) is 11.4 Å². The zero-order chi connectivity index (χ0) is 21.5. The summed E-state index contributed by atoms with van der Waals surface area (Å²) in [4.78, 5) is 19.4. The first-order valence-corrected chi connectivity index (χ1v) is 9.23. The molecule has 30 heavy (non-hydrogen) atoms. The first-order chi connectivity index (χ1) is 14.2. The number of fused-ring (bicyclic) bond motifs is 1. The van der Waals surface area contributed by atoms with Crippen molar-refractivity contribution in [1.82, 2.24) is 19.7 Å². The summed E-state index contributed by atoms with van der Waals surface area (Å²) >= 11 is 12.3. The molecule has 2 aromatic carbocycles. The van der Waals surface area contributed by atoms with Crippen molar-refractivity contribution in [3.63, 3.8) is 0 Å². The van der Waals surface area contributed by atoms with Gasteiger partial charge in [0.05, 0.1) is 21.9 Å². The van der Waals surface area contributed by atoms with Gasteiger partial charge in [-0.3, -0.25) is 4.79 Å². The standard InChI is InChI=1S/C19H11Cl2F3N4O2/c20-12-5-3-6-13(16(12)21)28-17-11(9-25-28)18(29)27-15(26-17)8-10-4-1-2-7-14(10)30-19(22,23)24/h1-7,9H,8H2,(H,26,27,29). The summed E-state index contributed by atoms with van der Waals surface area (Å²) < 4.78 is 43.4. The van der Waals surface area contributed by atoms with Gasteiger partial charge >= 0.3 is 6.36 Å². The molecule has 6 nitrogen and oxygen atoms in total. The molecule has 2 heterocycles. The van der Waals surface area contributed by atoms with Crippen LogP contribution in [0.5, 0.6) is 5.75 Å². The lowest BCUT2D eigenvalue weighted by atomic mass is 10.1. The fourth-order valence-corrected chi connectivity index (χ4v) is 3.31. The molecule has 0 saturated heterocycles. The monoisotopic (exact) mass is 454 g/mol. The number of hydrogen-bond donors (Lipinski definition) is 1. The van der Waals surface area contributed by atoms with Crippen LogP contribution in [0.15, 0.2) is 53.5 Å². The molecule has 1 N–H and O–H groups in total. The zero-order valence-electron chi connectivity index (χ0n) is 14.9. The molecule has 0 aliphatic carbocycles. The van der Waals surface area contributed by atoms with E-state index in [0.29, 0.717) is 10.7 Å². The number of nitrogens with one attached hydrogen (secondary N) is 1. The van der Waals surface area contributed by atoms with Crippen molar-refractivity contribution in [2.24, 2.45) is 0 Å². The molecule has 0 aliphatic heterocycles. The van der Waals surface area contributed by atoms with Crippen molar-refractivity contribution < 1.29 is 17.9 Å². The van der Waals surface area contributed by atoms with Gasteiger partial charge in [-0.1, -0.05) is 47.5 Å². The molecule has 0 atom stereocenters. The van der Waals surface area contributed by atoms with Crippen molar-refractivity contribution >= 4 is 34.2 Å². The molecule has 154 valence electrons. The minimum atomic E-state index is -4.84. The second-order valence-corrected chi connectivity index (χ2v) is 7.00. The number of hydrogen-bond acceptors (Lipinski definition) is 4. The fourth-order valence-electron chi connectivity index (χ4n) is 2.93. The quantitative estimate of drug-likeness (QED) is 0.475. The molecule has 11 heteroatoms. The highest BCUT2D eigenvalue weighted by Crippen LogP contribution is 2.30. The second kappa shape index (κ2) is 7.66. The van der Waals surface area contributed by atoms with Crippen molar-refractivity contribution in [2.45, 2.75) is 12.8 Å². The van der Waals surface area contributed by atoms with Gasteiger partial charge in [0, 0.05) is 12.0 Å². The molecule has 0 aliphatic rings. The number of aromatic nitrogens is 4. The minimum Gasteiger partial charge on any atom is -0.405 e. The van der Waals surface area contributed by atoms with Gasteiger partial charge in [0.15, 0.2) is 5.65 Å². The van der Waals surface area contributed by atoms with E-state index in [-0.39, 0.29) is 39.6 Å². The van der Waals surface area contributed by atoms with Gasteiger partial charge in [-0.2, -0.15) is 5.10 Å². The summed E-state index contributed by atoms with van der Waals surface area (Å²) in [7, 11) is 0. The van der Waals surface area contributed by atoms with E-state index in [1.165, 1.54) is 29.1 Å². The maximum Gasteiger partial charge on any atom is 0.573 e. The van der Waals surface area contributed by atoms with Crippen molar-refractivity contribution in [2.75, 3.05) is 0 Å². The molecule has 0 saturated carbocycles. The Morgan fingerprint density at radius 3 is 2.63 bits per heavy atom. The number of rotatable bonds is 4. The molecule has 0 radical (unpaired) electrons. The Morgan fingerprint density at radius 2 is 1.87 bits per heavy atom. The predicted molar refractivity (Wildman–Crippen MR) is 105 cm³/mol. The Bertz CT molecular complexity index is 1300. The van der Waals surface area contributed by atoms with Crippen LogP contribution in [0.4, 0.5) is 13.2 Å². The number of alkyl halides is 3. The highest BCUT2D eigenvalue weighted by molar-refractivity contribution is 6.43. The molecule has 4 rings (SSSR count). The summed E-state index contributed by atoms with van der Waals surface area (Å²) in [6.45, 7) is 0. The van der Waals surface area contributed by atoms with Crippen LogP contribution >= 0.6 is 23.2 Å². The smallest absolute Gasteiger partial charge is 0.405 e. The van der Waals surface area contributed by atoms with E-state index in [4.69, 9.17) is 23.2 Å². The number of nitrogens with zero attached hydrogens (tertiary/aromatic N) is 3. The van der Waals surface area contributed by atoms with E-state index in [1.54, 1.807) is 24.3 Å². The largest absolute Gasteiger partial charge is 0.573 e. The molecular weight excluding hydrogens is 444 g/mol. The molecular formula is C19H11Cl2F3N4O2. The summed E-state index contributed by atoms with van der Waals surface area (Å²) in [6, 6.07) is 10.5. The maximum absolute atomic E-state index is 12.7. The first kappa shape index (κ1) is 20.2. The molecule has 0 amide bonds. The van der Waals surface area contributed by atoms with Gasteiger partial charge in [0.2, 0.25) is 0 Å².